The largest absolute Gasteiger partial charge is 0.206 e. The minimum atomic E-state index is -0.435. The van der Waals surface area contributed by atoms with Gasteiger partial charge in [0.05, 0.1) is 0 Å². The highest BCUT2D eigenvalue weighted by atomic mass is 19.1. The quantitative estimate of drug-likeness (QED) is 0.496. The Kier molecular flexibility index (Phi) is 1.90. The summed E-state index contributed by atoms with van der Waals surface area (Å²) >= 11 is 0. The Balaban J connectivity index is 2.58. The van der Waals surface area contributed by atoms with Crippen molar-refractivity contribution in [1.29, 1.82) is 0 Å². The summed E-state index contributed by atoms with van der Waals surface area (Å²) in [5.74, 6) is -0.780. The maximum absolute atomic E-state index is 13.7. The summed E-state index contributed by atoms with van der Waals surface area (Å²) in [6.45, 7) is 0. The summed E-state index contributed by atoms with van der Waals surface area (Å²) in [7, 11) is 0. The number of hydrogen-bond donors (Lipinski definition) is 0. The molecule has 0 fully saturated rings. The van der Waals surface area contributed by atoms with Crippen LogP contribution in [0.15, 0.2) is 36.4 Å². The van der Waals surface area contributed by atoms with Crippen molar-refractivity contribution < 1.29 is 8.78 Å². The van der Waals surface area contributed by atoms with Crippen LogP contribution in [-0.2, 0) is 0 Å². The minimum absolute atomic E-state index is 0.344. The van der Waals surface area contributed by atoms with E-state index in [4.69, 9.17) is 0 Å². The number of hydrogen-bond acceptors (Lipinski definition) is 0. The van der Waals surface area contributed by atoms with Crippen LogP contribution in [0.1, 0.15) is 0 Å². The Morgan fingerprint density at radius 2 is 1.81 bits per heavy atom. The van der Waals surface area contributed by atoms with Crippen LogP contribution in [-0.4, -0.2) is 0 Å². The second-order valence-electron chi connectivity index (χ2n) is 3.60. The first kappa shape index (κ1) is 9.28. The zero-order valence-corrected chi connectivity index (χ0v) is 8.22. The second kappa shape index (κ2) is 3.27. The molecule has 3 rings (SSSR count). The van der Waals surface area contributed by atoms with Crippen molar-refractivity contribution in [3.8, 4) is 0 Å². The molecule has 0 aliphatic heterocycles. The summed E-state index contributed by atoms with van der Waals surface area (Å²) in [4.78, 5) is 0. The number of halogens is 2. The Morgan fingerprint density at radius 3 is 2.69 bits per heavy atom. The van der Waals surface area contributed by atoms with Gasteiger partial charge >= 0.3 is 0 Å². The van der Waals surface area contributed by atoms with Crippen molar-refractivity contribution in [1.82, 2.24) is 0 Å². The van der Waals surface area contributed by atoms with E-state index in [0.717, 1.165) is 5.39 Å². The zero-order chi connectivity index (χ0) is 11.1. The molecule has 0 bridgehead atoms. The Morgan fingerprint density at radius 1 is 0.938 bits per heavy atom. The maximum atomic E-state index is 13.7. The SMILES string of the molecule is Fc1[c]c2ccc3c[c]cc(F)c3c2cc1. The van der Waals surface area contributed by atoms with Crippen LogP contribution >= 0.6 is 0 Å². The summed E-state index contributed by atoms with van der Waals surface area (Å²) in [6.07, 6.45) is 0. The van der Waals surface area contributed by atoms with E-state index in [1.54, 1.807) is 24.3 Å². The van der Waals surface area contributed by atoms with Gasteiger partial charge in [0.15, 0.2) is 0 Å². The third-order valence-electron chi connectivity index (χ3n) is 2.62. The highest BCUT2D eigenvalue weighted by Crippen LogP contribution is 2.27. The van der Waals surface area contributed by atoms with Gasteiger partial charge in [0, 0.05) is 11.5 Å². The van der Waals surface area contributed by atoms with Crippen LogP contribution in [0, 0.1) is 23.8 Å². The van der Waals surface area contributed by atoms with Crippen LogP contribution in [0.25, 0.3) is 21.5 Å². The first-order valence-corrected chi connectivity index (χ1v) is 4.85. The van der Waals surface area contributed by atoms with Crippen molar-refractivity contribution in [2.75, 3.05) is 0 Å². The third kappa shape index (κ3) is 1.27. The molecule has 0 saturated carbocycles. The fraction of sp³-hybridized carbons (Fsp3) is 0. The lowest BCUT2D eigenvalue weighted by atomic mass is 10.0. The van der Waals surface area contributed by atoms with Crippen LogP contribution < -0.4 is 0 Å². The van der Waals surface area contributed by atoms with Crippen LogP contribution in [0.4, 0.5) is 8.78 Å². The molecule has 16 heavy (non-hydrogen) atoms. The van der Waals surface area contributed by atoms with Gasteiger partial charge in [-0.05, 0) is 40.4 Å². The highest BCUT2D eigenvalue weighted by Gasteiger charge is 2.06. The lowest BCUT2D eigenvalue weighted by molar-refractivity contribution is 0.627. The maximum Gasteiger partial charge on any atom is 0.132 e. The van der Waals surface area contributed by atoms with Crippen molar-refractivity contribution >= 4 is 21.5 Å². The molecule has 0 aliphatic carbocycles. The minimum Gasteiger partial charge on any atom is -0.206 e. The molecular weight excluding hydrogens is 206 g/mol. The summed E-state index contributed by atoms with van der Waals surface area (Å²) in [5.41, 5.74) is 0. The van der Waals surface area contributed by atoms with Crippen molar-refractivity contribution in [3.63, 3.8) is 0 Å². The number of benzene rings is 3. The molecule has 2 radical (unpaired) electrons. The first-order valence-electron chi connectivity index (χ1n) is 4.85. The molecule has 0 atom stereocenters. The molecule has 76 valence electrons. The van der Waals surface area contributed by atoms with Crippen molar-refractivity contribution in [2.45, 2.75) is 0 Å². The lowest BCUT2D eigenvalue weighted by Gasteiger charge is -2.04. The highest BCUT2D eigenvalue weighted by molar-refractivity contribution is 6.07. The van der Waals surface area contributed by atoms with Gasteiger partial charge in [-0.15, -0.1) is 0 Å². The normalized spacial score (nSPS) is 11.1. The molecule has 0 amide bonds. The second-order valence-corrected chi connectivity index (χ2v) is 3.60. The molecule has 0 spiro atoms. The summed E-state index contributed by atoms with van der Waals surface area (Å²) in [6, 6.07) is 14.6. The van der Waals surface area contributed by atoms with E-state index < -0.39 is 5.82 Å². The Hall–Kier alpha value is -1.96. The molecule has 3 aromatic rings. The van der Waals surface area contributed by atoms with Gasteiger partial charge in [-0.2, -0.15) is 0 Å². The molecule has 0 saturated heterocycles. The smallest absolute Gasteiger partial charge is 0.132 e. The molecule has 2 heteroatoms. The van der Waals surface area contributed by atoms with Crippen molar-refractivity contribution in [2.24, 2.45) is 0 Å². The van der Waals surface area contributed by atoms with Gasteiger partial charge in [0.1, 0.15) is 11.6 Å². The molecule has 0 aliphatic rings. The van der Waals surface area contributed by atoms with E-state index in [2.05, 4.69) is 12.1 Å². The van der Waals surface area contributed by atoms with E-state index in [1.807, 2.05) is 0 Å². The van der Waals surface area contributed by atoms with Crippen LogP contribution in [0.3, 0.4) is 0 Å². The third-order valence-corrected chi connectivity index (χ3v) is 2.62. The first-order chi connectivity index (χ1) is 7.75. The van der Waals surface area contributed by atoms with E-state index in [9.17, 15) is 8.78 Å². The fourth-order valence-electron chi connectivity index (χ4n) is 1.91. The topological polar surface area (TPSA) is 0 Å². The predicted molar refractivity (Wildman–Crippen MR) is 59.0 cm³/mol. The van der Waals surface area contributed by atoms with E-state index in [1.165, 1.54) is 12.1 Å². The Labute approximate surface area is 91.1 Å². The van der Waals surface area contributed by atoms with E-state index in [-0.39, 0.29) is 5.82 Å². The average molecular weight is 212 g/mol. The van der Waals surface area contributed by atoms with Crippen molar-refractivity contribution in [3.05, 3.63) is 60.2 Å². The van der Waals surface area contributed by atoms with Gasteiger partial charge in [-0.25, -0.2) is 8.78 Å². The Bertz CT molecular complexity index is 687. The van der Waals surface area contributed by atoms with E-state index >= 15 is 0 Å². The molecular formula is C14H6F2. The van der Waals surface area contributed by atoms with E-state index in [0.29, 0.717) is 16.2 Å². The number of rotatable bonds is 0. The molecule has 0 N–H and O–H groups in total. The van der Waals surface area contributed by atoms with Gasteiger partial charge in [0.2, 0.25) is 0 Å². The lowest BCUT2D eigenvalue weighted by Crippen LogP contribution is -1.84. The molecule has 0 heterocycles. The van der Waals surface area contributed by atoms with Gasteiger partial charge in [-0.1, -0.05) is 18.2 Å². The molecule has 0 unspecified atom stereocenters. The standard InChI is InChI=1S/C14H6F2/c15-11-6-7-12-10(8-11)5-4-9-2-1-3-13(16)14(9)12/h2-7H. The summed E-state index contributed by atoms with van der Waals surface area (Å²) < 4.78 is 26.7. The van der Waals surface area contributed by atoms with Crippen LogP contribution in [0.2, 0.25) is 0 Å². The molecule has 0 aromatic heterocycles. The van der Waals surface area contributed by atoms with Gasteiger partial charge in [-0.3, -0.25) is 0 Å². The fourth-order valence-corrected chi connectivity index (χ4v) is 1.91. The summed E-state index contributed by atoms with van der Waals surface area (Å²) in [5, 5.41) is 2.50. The molecule has 3 aromatic carbocycles. The average Bonchev–Trinajstić information content (AvgIpc) is 2.29. The van der Waals surface area contributed by atoms with Gasteiger partial charge < -0.3 is 0 Å². The zero-order valence-electron chi connectivity index (χ0n) is 8.22. The molecule has 0 nitrogen and oxygen atoms in total. The monoisotopic (exact) mass is 212 g/mol. The van der Waals surface area contributed by atoms with Gasteiger partial charge in [0.25, 0.3) is 0 Å². The number of fused-ring (bicyclic) bond motifs is 3. The predicted octanol–water partition coefficient (Wildman–Crippen LogP) is 3.87. The van der Waals surface area contributed by atoms with Crippen LogP contribution in [0.5, 0.6) is 0 Å².